The van der Waals surface area contributed by atoms with Gasteiger partial charge in [0.25, 0.3) is 0 Å². The van der Waals surface area contributed by atoms with Crippen LogP contribution in [0.3, 0.4) is 0 Å². The highest BCUT2D eigenvalue weighted by Crippen LogP contribution is 2.51. The summed E-state index contributed by atoms with van der Waals surface area (Å²) in [6, 6.07) is 18.5. The van der Waals surface area contributed by atoms with Crippen molar-refractivity contribution in [3.8, 4) is 6.07 Å². The predicted octanol–water partition coefficient (Wildman–Crippen LogP) is 5.46. The van der Waals surface area contributed by atoms with Crippen molar-refractivity contribution in [2.24, 2.45) is 10.8 Å². The molecule has 2 fully saturated rings. The molecule has 0 spiro atoms. The Balaban J connectivity index is 1.48. The number of hydrogen-bond acceptors (Lipinski definition) is 3. The van der Waals surface area contributed by atoms with Crippen molar-refractivity contribution >= 4 is 11.6 Å². The van der Waals surface area contributed by atoms with Crippen LogP contribution in [0.15, 0.2) is 48.5 Å². The molecule has 0 aromatic heterocycles. The van der Waals surface area contributed by atoms with Gasteiger partial charge in [0.2, 0.25) is 0 Å². The molecule has 29 heavy (non-hydrogen) atoms. The van der Waals surface area contributed by atoms with Crippen LogP contribution in [-0.4, -0.2) is 30.7 Å². The van der Waals surface area contributed by atoms with Crippen LogP contribution in [0.25, 0.3) is 0 Å². The van der Waals surface area contributed by atoms with E-state index in [1.54, 1.807) is 0 Å². The van der Waals surface area contributed by atoms with Gasteiger partial charge >= 0.3 is 0 Å². The first-order valence-corrected chi connectivity index (χ1v) is 10.9. The van der Waals surface area contributed by atoms with Crippen LogP contribution in [0.5, 0.6) is 0 Å². The Bertz CT molecular complexity index is 885. The molecule has 2 aliphatic rings. The van der Waals surface area contributed by atoms with Gasteiger partial charge in [0.1, 0.15) is 0 Å². The van der Waals surface area contributed by atoms with E-state index in [0.29, 0.717) is 6.10 Å². The molecule has 0 amide bonds. The van der Waals surface area contributed by atoms with Crippen LogP contribution >= 0.6 is 11.6 Å². The third-order valence-corrected chi connectivity index (χ3v) is 6.92. The lowest BCUT2D eigenvalue weighted by Crippen LogP contribution is -2.58. The zero-order chi connectivity index (χ0) is 20.5. The van der Waals surface area contributed by atoms with E-state index in [2.05, 4.69) is 49.1 Å². The van der Waals surface area contributed by atoms with Gasteiger partial charge in [0, 0.05) is 28.9 Å². The van der Waals surface area contributed by atoms with E-state index >= 15 is 0 Å². The highest BCUT2D eigenvalue weighted by atomic mass is 35.5. The highest BCUT2D eigenvalue weighted by Gasteiger charge is 2.55. The van der Waals surface area contributed by atoms with Crippen molar-refractivity contribution < 1.29 is 4.74 Å². The molecule has 0 N–H and O–H groups in total. The van der Waals surface area contributed by atoms with Crippen molar-refractivity contribution in [2.45, 2.75) is 45.8 Å². The first-order chi connectivity index (χ1) is 13.9. The van der Waals surface area contributed by atoms with Gasteiger partial charge in [0.05, 0.1) is 24.3 Å². The number of hydrogen-bond donors (Lipinski definition) is 0. The topological polar surface area (TPSA) is 36.3 Å². The molecule has 2 aliphatic heterocycles. The summed E-state index contributed by atoms with van der Waals surface area (Å²) in [5.41, 5.74) is 3.76. The zero-order valence-electron chi connectivity index (χ0n) is 17.3. The Hall–Kier alpha value is -1.86. The maximum atomic E-state index is 9.03. The van der Waals surface area contributed by atoms with Crippen LogP contribution in [-0.2, 0) is 17.7 Å². The molecule has 2 saturated heterocycles. The van der Waals surface area contributed by atoms with E-state index in [0.717, 1.165) is 49.7 Å². The normalized spacial score (nSPS) is 26.1. The van der Waals surface area contributed by atoms with E-state index in [4.69, 9.17) is 21.6 Å². The highest BCUT2D eigenvalue weighted by molar-refractivity contribution is 6.30. The summed E-state index contributed by atoms with van der Waals surface area (Å²) in [4.78, 5) is 2.57. The maximum absolute atomic E-state index is 9.03. The number of nitrogens with zero attached hydrogens (tertiary/aromatic N) is 2. The van der Waals surface area contributed by atoms with Gasteiger partial charge in [0.15, 0.2) is 0 Å². The van der Waals surface area contributed by atoms with E-state index in [1.165, 1.54) is 17.5 Å². The summed E-state index contributed by atoms with van der Waals surface area (Å²) in [5, 5.41) is 9.82. The quantitative estimate of drug-likeness (QED) is 0.636. The molecule has 2 heterocycles. The van der Waals surface area contributed by atoms with Gasteiger partial charge in [-0.1, -0.05) is 49.7 Å². The molecule has 1 unspecified atom stereocenters. The van der Waals surface area contributed by atoms with Gasteiger partial charge < -0.3 is 4.74 Å². The fourth-order valence-electron chi connectivity index (χ4n) is 5.16. The van der Waals surface area contributed by atoms with Gasteiger partial charge in [-0.05, 0) is 61.2 Å². The second kappa shape index (κ2) is 8.11. The lowest BCUT2D eigenvalue weighted by Gasteiger charge is -2.54. The smallest absolute Gasteiger partial charge is 0.0991 e. The van der Waals surface area contributed by atoms with Crippen molar-refractivity contribution in [1.29, 1.82) is 5.26 Å². The largest absolute Gasteiger partial charge is 0.376 e. The van der Waals surface area contributed by atoms with Crippen LogP contribution < -0.4 is 0 Å². The molecule has 2 atom stereocenters. The lowest BCUT2D eigenvalue weighted by atomic mass is 9.64. The Morgan fingerprint density at radius 3 is 2.38 bits per heavy atom. The first-order valence-electron chi connectivity index (χ1n) is 10.5. The molecule has 0 radical (unpaired) electrons. The SMILES string of the molecule is CC1(C)COC1[C@]1(CCc2ccc(C#N)cc2)CCN(Cc2ccc(Cl)cc2)C1. The molecular weight excluding hydrogens is 380 g/mol. The number of benzene rings is 2. The summed E-state index contributed by atoms with van der Waals surface area (Å²) in [6.07, 6.45) is 3.62. The van der Waals surface area contributed by atoms with Crippen molar-refractivity contribution in [3.63, 3.8) is 0 Å². The predicted molar refractivity (Wildman–Crippen MR) is 117 cm³/mol. The third-order valence-electron chi connectivity index (χ3n) is 6.67. The molecule has 4 rings (SSSR count). The third kappa shape index (κ3) is 4.36. The number of rotatable bonds is 6. The molecule has 4 heteroatoms. The Morgan fingerprint density at radius 1 is 1.10 bits per heavy atom. The van der Waals surface area contributed by atoms with Gasteiger partial charge in [-0.2, -0.15) is 5.26 Å². The van der Waals surface area contributed by atoms with Crippen molar-refractivity contribution in [3.05, 3.63) is 70.2 Å². The average molecular weight is 409 g/mol. The van der Waals surface area contributed by atoms with Gasteiger partial charge in [-0.3, -0.25) is 4.90 Å². The second-order valence-electron chi connectivity index (χ2n) is 9.44. The minimum absolute atomic E-state index is 0.183. The number of likely N-dealkylation sites (tertiary alicyclic amines) is 1. The molecule has 0 aliphatic carbocycles. The van der Waals surface area contributed by atoms with Crippen LogP contribution in [0.2, 0.25) is 5.02 Å². The molecule has 3 nitrogen and oxygen atoms in total. The Labute approximate surface area is 179 Å². The van der Waals surface area contributed by atoms with E-state index < -0.39 is 0 Å². The van der Waals surface area contributed by atoms with E-state index in [-0.39, 0.29) is 10.8 Å². The summed E-state index contributed by atoms with van der Waals surface area (Å²) in [7, 11) is 0. The fourth-order valence-corrected chi connectivity index (χ4v) is 5.29. The molecule has 2 aromatic carbocycles. The average Bonchev–Trinajstić information content (AvgIpc) is 3.11. The molecule has 2 aromatic rings. The molecule has 0 bridgehead atoms. The summed E-state index contributed by atoms with van der Waals surface area (Å²) in [6.45, 7) is 8.67. The first kappa shape index (κ1) is 20.4. The number of halogens is 1. The Morgan fingerprint density at radius 2 is 1.79 bits per heavy atom. The minimum atomic E-state index is 0.183. The maximum Gasteiger partial charge on any atom is 0.0991 e. The molecule has 0 saturated carbocycles. The fraction of sp³-hybridized carbons (Fsp3) is 0.480. The van der Waals surface area contributed by atoms with Gasteiger partial charge in [-0.25, -0.2) is 0 Å². The van der Waals surface area contributed by atoms with Crippen molar-refractivity contribution in [2.75, 3.05) is 19.7 Å². The monoisotopic (exact) mass is 408 g/mol. The molecule has 152 valence electrons. The van der Waals surface area contributed by atoms with Crippen molar-refractivity contribution in [1.82, 2.24) is 4.90 Å². The lowest BCUT2D eigenvalue weighted by molar-refractivity contribution is -0.223. The minimum Gasteiger partial charge on any atom is -0.376 e. The van der Waals surface area contributed by atoms with Crippen LogP contribution in [0.1, 0.15) is 43.4 Å². The molecular formula is C25H29ClN2O. The van der Waals surface area contributed by atoms with E-state index in [9.17, 15) is 0 Å². The summed E-state index contributed by atoms with van der Waals surface area (Å²) in [5.74, 6) is 0. The number of nitriles is 1. The second-order valence-corrected chi connectivity index (χ2v) is 9.87. The number of aryl methyl sites for hydroxylation is 1. The van der Waals surface area contributed by atoms with Gasteiger partial charge in [-0.15, -0.1) is 0 Å². The Kier molecular flexibility index (Phi) is 5.71. The zero-order valence-corrected chi connectivity index (χ0v) is 18.1. The summed E-state index contributed by atoms with van der Waals surface area (Å²) < 4.78 is 6.19. The summed E-state index contributed by atoms with van der Waals surface area (Å²) >= 11 is 6.04. The van der Waals surface area contributed by atoms with Crippen LogP contribution in [0, 0.1) is 22.2 Å². The number of ether oxygens (including phenoxy) is 1. The van der Waals surface area contributed by atoms with E-state index in [1.807, 2.05) is 24.3 Å². The van der Waals surface area contributed by atoms with Crippen LogP contribution in [0.4, 0.5) is 0 Å². The standard InChI is InChI=1S/C25H29ClN2O/c1-24(2)18-29-23(24)25(12-11-19-3-5-20(15-27)6-4-19)13-14-28(17-25)16-21-7-9-22(26)10-8-21/h3-10,23H,11-14,16-18H2,1-2H3/t23?,25-/m1/s1.